The first-order chi connectivity index (χ1) is 18.8. The van der Waals surface area contributed by atoms with Crippen molar-refractivity contribution in [3.8, 4) is 22.5 Å². The monoisotopic (exact) mass is 545 g/mol. The number of anilines is 2. The number of hydrogen-bond donors (Lipinski definition) is 2. The minimum absolute atomic E-state index is 0.316. The van der Waals surface area contributed by atoms with E-state index in [4.69, 9.17) is 20.9 Å². The number of amides is 1. The van der Waals surface area contributed by atoms with E-state index in [1.54, 1.807) is 19.9 Å². The molecule has 1 amide bonds. The molecule has 5 rings (SSSR count). The first kappa shape index (κ1) is 26.3. The molecule has 2 heterocycles. The van der Waals surface area contributed by atoms with Gasteiger partial charge in [-0.05, 0) is 49.6 Å². The van der Waals surface area contributed by atoms with E-state index in [2.05, 4.69) is 15.4 Å². The normalized spacial score (nSPS) is 15.7. The van der Waals surface area contributed by atoms with Crippen LogP contribution in [0.5, 0.6) is 0 Å². The van der Waals surface area contributed by atoms with Crippen LogP contribution in [0.1, 0.15) is 30.7 Å². The van der Waals surface area contributed by atoms with Crippen molar-refractivity contribution in [3.63, 3.8) is 0 Å². The second-order valence-electron chi connectivity index (χ2n) is 9.56. The minimum atomic E-state index is -0.738. The number of nitrogens with one attached hydrogen (secondary N) is 1. The number of aromatic nitrogens is 1. The Morgan fingerprint density at radius 3 is 2.33 bits per heavy atom. The number of rotatable bonds is 7. The lowest BCUT2D eigenvalue weighted by atomic mass is 10.0. The zero-order valence-electron chi connectivity index (χ0n) is 21.6. The topological polar surface area (TPSA) is 105 Å². The summed E-state index contributed by atoms with van der Waals surface area (Å²) >= 11 is 6.23. The predicted octanol–water partition coefficient (Wildman–Crippen LogP) is 7.19. The van der Waals surface area contributed by atoms with Crippen LogP contribution in [0.2, 0.25) is 5.02 Å². The molecular formula is C30H28ClN3O5. The van der Waals surface area contributed by atoms with Crippen LogP contribution in [0.4, 0.5) is 16.2 Å². The molecule has 0 spiro atoms. The van der Waals surface area contributed by atoms with Gasteiger partial charge < -0.3 is 19.3 Å². The molecule has 39 heavy (non-hydrogen) atoms. The van der Waals surface area contributed by atoms with Crippen LogP contribution < -0.4 is 10.2 Å². The van der Waals surface area contributed by atoms with E-state index in [9.17, 15) is 14.7 Å². The summed E-state index contributed by atoms with van der Waals surface area (Å²) < 4.78 is 11.1. The van der Waals surface area contributed by atoms with Crippen LogP contribution in [0.3, 0.4) is 0 Å². The highest BCUT2D eigenvalue weighted by atomic mass is 35.5. The number of halogens is 1. The second-order valence-corrected chi connectivity index (χ2v) is 9.97. The molecule has 0 aliphatic carbocycles. The smallest absolute Gasteiger partial charge is 0.412 e. The van der Waals surface area contributed by atoms with Crippen molar-refractivity contribution in [2.24, 2.45) is 5.92 Å². The number of nitrogens with zero attached hydrogens (tertiary/aromatic N) is 2. The molecule has 0 radical (unpaired) electrons. The Bertz CT molecular complexity index is 1480. The fraction of sp³-hybridized carbons (Fsp3) is 0.233. The van der Waals surface area contributed by atoms with Crippen LogP contribution in [0, 0.1) is 12.8 Å². The number of carboxylic acids is 1. The molecule has 0 saturated carbocycles. The molecule has 1 saturated heterocycles. The molecule has 200 valence electrons. The van der Waals surface area contributed by atoms with Gasteiger partial charge in [0.05, 0.1) is 5.92 Å². The molecular weight excluding hydrogens is 518 g/mol. The van der Waals surface area contributed by atoms with Crippen molar-refractivity contribution in [3.05, 3.63) is 89.1 Å². The van der Waals surface area contributed by atoms with Gasteiger partial charge in [0.2, 0.25) is 0 Å². The third kappa shape index (κ3) is 5.76. The number of carboxylic acid groups (broad SMARTS) is 1. The first-order valence-electron chi connectivity index (χ1n) is 12.7. The van der Waals surface area contributed by atoms with Crippen molar-refractivity contribution >= 4 is 35.0 Å². The molecule has 1 aliphatic rings. The predicted molar refractivity (Wildman–Crippen MR) is 150 cm³/mol. The third-order valence-corrected chi connectivity index (χ3v) is 7.31. The summed E-state index contributed by atoms with van der Waals surface area (Å²) in [5.74, 6) is -0.624. The lowest BCUT2D eigenvalue weighted by molar-refractivity contribution is -0.140. The molecule has 0 unspecified atom stereocenters. The minimum Gasteiger partial charge on any atom is -0.481 e. The van der Waals surface area contributed by atoms with Gasteiger partial charge in [-0.25, -0.2) is 4.79 Å². The highest BCUT2D eigenvalue weighted by Crippen LogP contribution is 2.34. The molecule has 4 aromatic rings. The van der Waals surface area contributed by atoms with Gasteiger partial charge >= 0.3 is 12.1 Å². The van der Waals surface area contributed by atoms with Gasteiger partial charge in [0.25, 0.3) is 0 Å². The Kier molecular flexibility index (Phi) is 7.56. The molecule has 9 heteroatoms. The number of carbonyl (C=O) groups is 2. The number of ether oxygens (including phenoxy) is 1. The molecule has 2 atom stereocenters. The van der Waals surface area contributed by atoms with Crippen molar-refractivity contribution in [1.29, 1.82) is 0 Å². The fourth-order valence-electron chi connectivity index (χ4n) is 4.75. The molecule has 1 aliphatic heterocycles. The number of aryl methyl sites for hydroxylation is 1. The molecule has 1 fully saturated rings. The second kappa shape index (κ2) is 11.2. The molecule has 2 N–H and O–H groups in total. The van der Waals surface area contributed by atoms with E-state index in [0.29, 0.717) is 40.7 Å². The average Bonchev–Trinajstić information content (AvgIpc) is 3.57. The Hall–Kier alpha value is -4.30. The van der Waals surface area contributed by atoms with E-state index in [0.717, 1.165) is 28.9 Å². The van der Waals surface area contributed by atoms with Crippen molar-refractivity contribution < 1.29 is 24.0 Å². The summed E-state index contributed by atoms with van der Waals surface area (Å²) in [6, 6.07) is 23.1. The molecule has 1 aromatic heterocycles. The van der Waals surface area contributed by atoms with Gasteiger partial charge in [0.1, 0.15) is 17.5 Å². The molecule has 8 nitrogen and oxygen atoms in total. The lowest BCUT2D eigenvalue weighted by Crippen LogP contribution is -2.22. The third-order valence-electron chi connectivity index (χ3n) is 6.97. The highest BCUT2D eigenvalue weighted by Gasteiger charge is 2.28. The van der Waals surface area contributed by atoms with Gasteiger partial charge in [0, 0.05) is 34.9 Å². The number of carbonyl (C=O) groups excluding carboxylic acids is 1. The van der Waals surface area contributed by atoms with E-state index < -0.39 is 18.2 Å². The largest absolute Gasteiger partial charge is 0.481 e. The maximum absolute atomic E-state index is 12.7. The Labute approximate surface area is 231 Å². The van der Waals surface area contributed by atoms with E-state index >= 15 is 0 Å². The van der Waals surface area contributed by atoms with Gasteiger partial charge in [0.15, 0.2) is 5.76 Å². The van der Waals surface area contributed by atoms with Gasteiger partial charge in [-0.3, -0.25) is 10.1 Å². The summed E-state index contributed by atoms with van der Waals surface area (Å²) in [7, 11) is 0. The summed E-state index contributed by atoms with van der Waals surface area (Å²) in [5.41, 5.74) is 5.49. The van der Waals surface area contributed by atoms with Crippen molar-refractivity contribution in [2.45, 2.75) is 26.4 Å². The van der Waals surface area contributed by atoms with Crippen molar-refractivity contribution in [2.75, 3.05) is 23.3 Å². The number of benzene rings is 3. The zero-order chi connectivity index (χ0) is 27.5. The SMILES string of the molecule is Cc1noc(-c2ccc(-c3ccc(N4CC[C@@H](C(=O)O)C4)cc3)cc2)c1NC(=O)O[C@H](C)c1ccccc1Cl. The highest BCUT2D eigenvalue weighted by molar-refractivity contribution is 6.31. The first-order valence-corrected chi connectivity index (χ1v) is 13.0. The Morgan fingerprint density at radius 1 is 1.05 bits per heavy atom. The van der Waals surface area contributed by atoms with Crippen LogP contribution in [0.15, 0.2) is 77.3 Å². The Morgan fingerprint density at radius 2 is 1.69 bits per heavy atom. The van der Waals surface area contributed by atoms with Gasteiger partial charge in [-0.15, -0.1) is 0 Å². The van der Waals surface area contributed by atoms with Crippen LogP contribution in [0.25, 0.3) is 22.5 Å². The lowest BCUT2D eigenvalue weighted by Gasteiger charge is -2.18. The number of hydrogen-bond acceptors (Lipinski definition) is 6. The van der Waals surface area contributed by atoms with Gasteiger partial charge in [-0.1, -0.05) is 71.4 Å². The fourth-order valence-corrected chi connectivity index (χ4v) is 5.04. The van der Waals surface area contributed by atoms with Crippen LogP contribution >= 0.6 is 11.6 Å². The van der Waals surface area contributed by atoms with Crippen molar-refractivity contribution in [1.82, 2.24) is 5.16 Å². The summed E-state index contributed by atoms with van der Waals surface area (Å²) in [5, 5.41) is 16.6. The molecule has 0 bridgehead atoms. The van der Waals surface area contributed by atoms with E-state index in [1.165, 1.54) is 0 Å². The summed E-state index contributed by atoms with van der Waals surface area (Å²) in [6.07, 6.45) is -0.523. The molecule has 3 aromatic carbocycles. The van der Waals surface area contributed by atoms with E-state index in [1.807, 2.05) is 66.7 Å². The number of aliphatic carboxylic acids is 1. The maximum atomic E-state index is 12.7. The van der Waals surface area contributed by atoms with Gasteiger partial charge in [-0.2, -0.15) is 0 Å². The van der Waals surface area contributed by atoms with Crippen LogP contribution in [-0.2, 0) is 9.53 Å². The Balaban J connectivity index is 1.27. The average molecular weight is 546 g/mol. The van der Waals surface area contributed by atoms with E-state index in [-0.39, 0.29) is 5.92 Å². The summed E-state index contributed by atoms with van der Waals surface area (Å²) in [6.45, 7) is 4.77. The van der Waals surface area contributed by atoms with Crippen LogP contribution in [-0.4, -0.2) is 35.4 Å². The summed E-state index contributed by atoms with van der Waals surface area (Å²) in [4.78, 5) is 26.0. The maximum Gasteiger partial charge on any atom is 0.412 e. The quantitative estimate of drug-likeness (QED) is 0.253. The standard InChI is InChI=1S/C30H28ClN3O5/c1-18-27(32-30(37)38-19(2)25-5-3-4-6-26(25)31)28(39-33-18)22-9-7-20(8-10-22)21-11-13-24(14-12-21)34-16-15-23(17-34)29(35)36/h3-14,19,23H,15-17H2,1-2H3,(H,32,37)(H,35,36)/t19-,23-/m1/s1. The zero-order valence-corrected chi connectivity index (χ0v) is 22.3.